The summed E-state index contributed by atoms with van der Waals surface area (Å²) in [5.74, 6) is -1.16. The Morgan fingerprint density at radius 1 is 1.00 bits per heavy atom. The van der Waals surface area contributed by atoms with E-state index < -0.39 is 17.8 Å². The Labute approximate surface area is 168 Å². The number of rotatable bonds is 5. The van der Waals surface area contributed by atoms with Crippen LogP contribution in [0.2, 0.25) is 0 Å². The number of carbonyl (C=O) groups excluding carboxylic acids is 3. The zero-order chi connectivity index (χ0) is 21.1. The number of ether oxygens (including phenoxy) is 1. The van der Waals surface area contributed by atoms with Gasteiger partial charge in [0.1, 0.15) is 12.1 Å². The minimum atomic E-state index is -0.547. The summed E-state index contributed by atoms with van der Waals surface area (Å²) in [5.41, 5.74) is 4.20. The topological polar surface area (TPSA) is 97.6 Å². The number of furan rings is 1. The van der Waals surface area contributed by atoms with Crippen LogP contribution in [-0.4, -0.2) is 31.4 Å². The maximum atomic E-state index is 12.8. The van der Waals surface area contributed by atoms with Gasteiger partial charge in [-0.15, -0.1) is 0 Å². The minimum Gasteiger partial charge on any atom is -0.468 e. The van der Waals surface area contributed by atoms with Gasteiger partial charge in [0.15, 0.2) is 5.76 Å². The quantitative estimate of drug-likeness (QED) is 0.646. The molecule has 0 atom stereocenters. The van der Waals surface area contributed by atoms with Crippen LogP contribution in [0.4, 0.5) is 5.69 Å². The van der Waals surface area contributed by atoms with Crippen LogP contribution in [0.25, 0.3) is 11.0 Å². The fourth-order valence-corrected chi connectivity index (χ4v) is 3.14. The Balaban J connectivity index is 1.81. The fourth-order valence-electron chi connectivity index (χ4n) is 3.14. The van der Waals surface area contributed by atoms with E-state index in [4.69, 9.17) is 4.42 Å². The van der Waals surface area contributed by atoms with Crippen LogP contribution in [0.15, 0.2) is 40.8 Å². The molecule has 0 bridgehead atoms. The second-order valence-electron chi connectivity index (χ2n) is 6.75. The Bertz CT molecular complexity index is 1110. The first-order chi connectivity index (χ1) is 13.8. The number of hydrogen-bond donors (Lipinski definition) is 2. The van der Waals surface area contributed by atoms with Crippen molar-refractivity contribution in [3.63, 3.8) is 0 Å². The molecule has 1 heterocycles. The van der Waals surface area contributed by atoms with E-state index in [2.05, 4.69) is 15.4 Å². The molecule has 1 aromatic heterocycles. The van der Waals surface area contributed by atoms with Gasteiger partial charge in [-0.25, -0.2) is 0 Å². The lowest BCUT2D eigenvalue weighted by Gasteiger charge is -2.07. The SMILES string of the molecule is COC(=O)CNC(=O)c1cccc(NC(=O)c2oc3c(C)ccc(C)c3c2C)c1. The highest BCUT2D eigenvalue weighted by molar-refractivity contribution is 6.07. The summed E-state index contributed by atoms with van der Waals surface area (Å²) in [7, 11) is 1.24. The lowest BCUT2D eigenvalue weighted by molar-refractivity contribution is -0.139. The van der Waals surface area contributed by atoms with Crippen LogP contribution in [0.3, 0.4) is 0 Å². The third-order valence-corrected chi connectivity index (χ3v) is 4.69. The summed E-state index contributed by atoms with van der Waals surface area (Å²) in [6.07, 6.45) is 0. The van der Waals surface area contributed by atoms with Crippen molar-refractivity contribution in [2.24, 2.45) is 0 Å². The zero-order valence-corrected chi connectivity index (χ0v) is 16.7. The third-order valence-electron chi connectivity index (χ3n) is 4.69. The van der Waals surface area contributed by atoms with Crippen LogP contribution in [0.1, 0.15) is 37.6 Å². The second-order valence-corrected chi connectivity index (χ2v) is 6.75. The summed E-state index contributed by atoms with van der Waals surface area (Å²) in [6, 6.07) is 10.4. The number of carbonyl (C=O) groups is 3. The lowest BCUT2D eigenvalue weighted by atomic mass is 10.0. The molecule has 0 aliphatic rings. The van der Waals surface area contributed by atoms with Gasteiger partial charge in [0.2, 0.25) is 0 Å². The molecule has 0 unspecified atom stereocenters. The van der Waals surface area contributed by atoms with Gasteiger partial charge >= 0.3 is 5.97 Å². The number of benzene rings is 2. The molecule has 0 saturated heterocycles. The van der Waals surface area contributed by atoms with Gasteiger partial charge in [-0.05, 0) is 50.1 Å². The van der Waals surface area contributed by atoms with Crippen molar-refractivity contribution < 1.29 is 23.5 Å². The van der Waals surface area contributed by atoms with E-state index in [9.17, 15) is 14.4 Å². The number of methoxy groups -OCH3 is 1. The van der Waals surface area contributed by atoms with Crippen molar-refractivity contribution >= 4 is 34.4 Å². The van der Waals surface area contributed by atoms with E-state index in [1.807, 2.05) is 32.9 Å². The lowest BCUT2D eigenvalue weighted by Crippen LogP contribution is -2.30. The average molecular weight is 394 g/mol. The maximum Gasteiger partial charge on any atom is 0.325 e. The molecule has 0 aliphatic carbocycles. The van der Waals surface area contributed by atoms with E-state index >= 15 is 0 Å². The van der Waals surface area contributed by atoms with E-state index in [1.165, 1.54) is 13.2 Å². The third kappa shape index (κ3) is 4.13. The average Bonchev–Trinajstić information content (AvgIpc) is 3.07. The molecule has 0 saturated carbocycles. The van der Waals surface area contributed by atoms with Gasteiger partial charge in [0.05, 0.1) is 7.11 Å². The Kier molecular flexibility index (Phi) is 5.68. The molecular formula is C22H22N2O5. The normalized spacial score (nSPS) is 10.6. The first kappa shape index (κ1) is 20.1. The molecule has 150 valence electrons. The molecule has 29 heavy (non-hydrogen) atoms. The summed E-state index contributed by atoms with van der Waals surface area (Å²) in [4.78, 5) is 36.1. The standard InChI is InChI=1S/C22H22N2O5/c1-12-8-9-13(2)19-18(12)14(3)20(29-19)22(27)24-16-7-5-6-15(10-16)21(26)23-11-17(25)28-4/h5-10H,11H2,1-4H3,(H,23,26)(H,24,27). The summed E-state index contributed by atoms with van der Waals surface area (Å²) >= 11 is 0. The molecule has 0 fully saturated rings. The monoisotopic (exact) mass is 394 g/mol. The highest BCUT2D eigenvalue weighted by atomic mass is 16.5. The number of amides is 2. The van der Waals surface area contributed by atoms with Gasteiger partial charge < -0.3 is 19.8 Å². The van der Waals surface area contributed by atoms with Crippen molar-refractivity contribution in [2.75, 3.05) is 19.0 Å². The number of hydrogen-bond acceptors (Lipinski definition) is 5. The van der Waals surface area contributed by atoms with Gasteiger partial charge in [-0.3, -0.25) is 14.4 Å². The number of nitrogens with one attached hydrogen (secondary N) is 2. The van der Waals surface area contributed by atoms with Gasteiger partial charge in [-0.1, -0.05) is 18.2 Å². The number of esters is 1. The van der Waals surface area contributed by atoms with E-state index in [1.54, 1.807) is 18.2 Å². The first-order valence-corrected chi connectivity index (χ1v) is 9.07. The predicted octanol–water partition coefficient (Wildman–Crippen LogP) is 3.51. The molecule has 2 amide bonds. The van der Waals surface area contributed by atoms with Crippen LogP contribution in [-0.2, 0) is 9.53 Å². The number of aryl methyl sites for hydroxylation is 3. The molecule has 2 aromatic carbocycles. The van der Waals surface area contributed by atoms with Crippen molar-refractivity contribution in [1.29, 1.82) is 0 Å². The Morgan fingerprint density at radius 3 is 2.41 bits per heavy atom. The summed E-state index contributed by atoms with van der Waals surface area (Å²) < 4.78 is 10.4. The molecule has 7 nitrogen and oxygen atoms in total. The van der Waals surface area contributed by atoms with Gasteiger partial charge in [-0.2, -0.15) is 0 Å². The maximum absolute atomic E-state index is 12.8. The zero-order valence-electron chi connectivity index (χ0n) is 16.7. The number of fused-ring (bicyclic) bond motifs is 1. The van der Waals surface area contributed by atoms with Crippen LogP contribution in [0.5, 0.6) is 0 Å². The second kappa shape index (κ2) is 8.18. The molecule has 0 aliphatic heterocycles. The van der Waals surface area contributed by atoms with Gasteiger partial charge in [0, 0.05) is 22.2 Å². The fraction of sp³-hybridized carbons (Fsp3) is 0.227. The van der Waals surface area contributed by atoms with E-state index in [-0.39, 0.29) is 12.3 Å². The Hall–Kier alpha value is -3.61. The minimum absolute atomic E-state index is 0.233. The predicted molar refractivity (Wildman–Crippen MR) is 109 cm³/mol. The molecule has 0 spiro atoms. The van der Waals surface area contributed by atoms with Gasteiger partial charge in [0.25, 0.3) is 11.8 Å². The largest absolute Gasteiger partial charge is 0.468 e. The molecule has 3 rings (SSSR count). The smallest absolute Gasteiger partial charge is 0.325 e. The van der Waals surface area contributed by atoms with Crippen LogP contribution in [0, 0.1) is 20.8 Å². The first-order valence-electron chi connectivity index (χ1n) is 9.07. The number of anilines is 1. The highest BCUT2D eigenvalue weighted by Gasteiger charge is 2.20. The molecular weight excluding hydrogens is 372 g/mol. The van der Waals surface area contributed by atoms with E-state index in [0.29, 0.717) is 16.8 Å². The summed E-state index contributed by atoms with van der Waals surface area (Å²) in [5, 5.41) is 6.16. The molecule has 7 heteroatoms. The van der Waals surface area contributed by atoms with Crippen molar-refractivity contribution in [2.45, 2.75) is 20.8 Å². The van der Waals surface area contributed by atoms with E-state index in [0.717, 1.165) is 22.1 Å². The highest BCUT2D eigenvalue weighted by Crippen LogP contribution is 2.31. The molecule has 2 N–H and O–H groups in total. The molecule has 0 radical (unpaired) electrons. The van der Waals surface area contributed by atoms with Crippen molar-refractivity contribution in [3.8, 4) is 0 Å². The van der Waals surface area contributed by atoms with Crippen LogP contribution >= 0.6 is 0 Å². The van der Waals surface area contributed by atoms with Crippen LogP contribution < -0.4 is 10.6 Å². The Morgan fingerprint density at radius 2 is 1.72 bits per heavy atom. The molecule has 3 aromatic rings. The summed E-state index contributed by atoms with van der Waals surface area (Å²) in [6.45, 7) is 5.53. The van der Waals surface area contributed by atoms with Crippen molar-refractivity contribution in [1.82, 2.24) is 5.32 Å². The van der Waals surface area contributed by atoms with Crippen molar-refractivity contribution in [3.05, 3.63) is 64.4 Å².